The van der Waals surface area contributed by atoms with E-state index >= 15 is 0 Å². The number of ketones is 2. The molecule has 1 saturated heterocycles. The fraction of sp³-hybridized carbons (Fsp3) is 0.526. The summed E-state index contributed by atoms with van der Waals surface area (Å²) in [7, 11) is 0. The van der Waals surface area contributed by atoms with Gasteiger partial charge in [-0.05, 0) is 31.2 Å². The number of benzene rings is 1. The second kappa shape index (κ2) is 7.07. The maximum Gasteiger partial charge on any atom is 0.325 e. The topological polar surface area (TPSA) is 60.4 Å². The smallest absolute Gasteiger partial charge is 0.325 e. The van der Waals surface area contributed by atoms with Crippen LogP contribution in [-0.2, 0) is 25.5 Å². The quantitative estimate of drug-likeness (QED) is 0.619. The Hall–Kier alpha value is -1.97. The van der Waals surface area contributed by atoms with Gasteiger partial charge in [0.2, 0.25) is 0 Å². The minimum absolute atomic E-state index is 0.141. The van der Waals surface area contributed by atoms with Crippen molar-refractivity contribution in [2.24, 2.45) is 11.8 Å². The van der Waals surface area contributed by atoms with Gasteiger partial charge in [-0.1, -0.05) is 49.6 Å². The minimum Gasteiger partial charge on any atom is -0.453 e. The molecule has 3 rings (SSSR count). The average molecular weight is 314 g/mol. The first-order chi connectivity index (χ1) is 11.2. The van der Waals surface area contributed by atoms with Gasteiger partial charge in [-0.25, -0.2) is 0 Å². The molecular weight excluding hydrogens is 292 g/mol. The molecule has 0 amide bonds. The van der Waals surface area contributed by atoms with E-state index < -0.39 is 18.0 Å². The number of Topliss-reactive ketones (excluding diaryl/α,β-unsaturated/α-hetero) is 2. The Bertz CT molecular complexity index is 587. The van der Waals surface area contributed by atoms with Crippen molar-refractivity contribution in [3.8, 4) is 0 Å². The molecule has 1 aromatic rings. The summed E-state index contributed by atoms with van der Waals surface area (Å²) in [6, 6.07) is 9.77. The van der Waals surface area contributed by atoms with Gasteiger partial charge in [0.15, 0.2) is 23.6 Å². The highest BCUT2D eigenvalue weighted by Gasteiger charge is 2.48. The van der Waals surface area contributed by atoms with Crippen molar-refractivity contribution >= 4 is 17.5 Å². The van der Waals surface area contributed by atoms with Crippen LogP contribution >= 0.6 is 0 Å². The zero-order valence-electron chi connectivity index (χ0n) is 13.2. The van der Waals surface area contributed by atoms with Crippen molar-refractivity contribution in [3.63, 3.8) is 0 Å². The molecule has 1 aliphatic heterocycles. The molecule has 0 bridgehead atoms. The van der Waals surface area contributed by atoms with E-state index in [1.165, 1.54) is 0 Å². The Morgan fingerprint density at radius 2 is 1.74 bits per heavy atom. The third-order valence-electron chi connectivity index (χ3n) is 4.93. The van der Waals surface area contributed by atoms with E-state index in [9.17, 15) is 14.4 Å². The maximum absolute atomic E-state index is 12.5. The van der Waals surface area contributed by atoms with Gasteiger partial charge in [0.05, 0.1) is 0 Å². The molecule has 122 valence electrons. The van der Waals surface area contributed by atoms with Crippen LogP contribution in [0.25, 0.3) is 0 Å². The molecule has 0 spiro atoms. The lowest BCUT2D eigenvalue weighted by atomic mass is 9.80. The molecular formula is C19H22O4. The number of ether oxygens (including phenoxy) is 1. The van der Waals surface area contributed by atoms with Gasteiger partial charge in [-0.3, -0.25) is 14.4 Å². The zero-order chi connectivity index (χ0) is 16.2. The van der Waals surface area contributed by atoms with E-state index in [1.807, 2.05) is 30.3 Å². The zero-order valence-corrected chi connectivity index (χ0v) is 13.2. The van der Waals surface area contributed by atoms with Crippen molar-refractivity contribution < 1.29 is 19.1 Å². The Morgan fingerprint density at radius 3 is 2.43 bits per heavy atom. The van der Waals surface area contributed by atoms with Gasteiger partial charge in [-0.15, -0.1) is 0 Å². The van der Waals surface area contributed by atoms with Crippen LogP contribution in [0.3, 0.4) is 0 Å². The van der Waals surface area contributed by atoms with Gasteiger partial charge in [-0.2, -0.15) is 0 Å². The third-order valence-corrected chi connectivity index (χ3v) is 4.93. The van der Waals surface area contributed by atoms with Crippen LogP contribution in [0.4, 0.5) is 0 Å². The monoisotopic (exact) mass is 314 g/mol. The summed E-state index contributed by atoms with van der Waals surface area (Å²) in [5.41, 5.74) is 1.10. The second-order valence-corrected chi connectivity index (χ2v) is 6.52. The number of carbonyl (C=O) groups excluding carboxylic acids is 3. The highest BCUT2D eigenvalue weighted by Crippen LogP contribution is 2.31. The average Bonchev–Trinajstić information content (AvgIpc) is 2.88. The SMILES string of the molecule is O=C1OC(CCc2ccccc2)C(=O)C1C(=O)C1CCCCC1. The van der Waals surface area contributed by atoms with Gasteiger partial charge in [0.25, 0.3) is 0 Å². The van der Waals surface area contributed by atoms with Crippen molar-refractivity contribution in [2.45, 2.75) is 51.0 Å². The number of aryl methyl sites for hydroxylation is 1. The van der Waals surface area contributed by atoms with Crippen LogP contribution in [0.15, 0.2) is 30.3 Å². The second-order valence-electron chi connectivity index (χ2n) is 6.52. The first kappa shape index (κ1) is 15.9. The summed E-state index contributed by atoms with van der Waals surface area (Å²) in [6.07, 6.45) is 5.08. The van der Waals surface area contributed by atoms with Gasteiger partial charge in [0.1, 0.15) is 0 Å². The molecule has 1 saturated carbocycles. The van der Waals surface area contributed by atoms with Crippen molar-refractivity contribution in [2.75, 3.05) is 0 Å². The lowest BCUT2D eigenvalue weighted by molar-refractivity contribution is -0.148. The Labute approximate surface area is 136 Å². The molecule has 23 heavy (non-hydrogen) atoms. The Balaban J connectivity index is 1.61. The van der Waals surface area contributed by atoms with Crippen LogP contribution in [0.2, 0.25) is 0 Å². The van der Waals surface area contributed by atoms with Crippen molar-refractivity contribution in [3.05, 3.63) is 35.9 Å². The van der Waals surface area contributed by atoms with Gasteiger partial charge < -0.3 is 4.74 Å². The fourth-order valence-electron chi connectivity index (χ4n) is 3.59. The summed E-state index contributed by atoms with van der Waals surface area (Å²) in [5, 5.41) is 0. The molecule has 0 N–H and O–H groups in total. The van der Waals surface area contributed by atoms with Crippen LogP contribution in [0.5, 0.6) is 0 Å². The van der Waals surface area contributed by atoms with E-state index in [-0.39, 0.29) is 17.5 Å². The molecule has 1 aliphatic carbocycles. The molecule has 1 heterocycles. The Morgan fingerprint density at radius 1 is 1.04 bits per heavy atom. The molecule has 0 aromatic heterocycles. The molecule has 1 aromatic carbocycles. The third kappa shape index (κ3) is 3.52. The lowest BCUT2D eigenvalue weighted by Crippen LogP contribution is -2.33. The van der Waals surface area contributed by atoms with Crippen molar-refractivity contribution in [1.82, 2.24) is 0 Å². The maximum atomic E-state index is 12.5. The summed E-state index contributed by atoms with van der Waals surface area (Å²) >= 11 is 0. The van der Waals surface area contributed by atoms with Gasteiger partial charge >= 0.3 is 5.97 Å². The predicted molar refractivity (Wildman–Crippen MR) is 84.7 cm³/mol. The molecule has 4 heteroatoms. The molecule has 0 radical (unpaired) electrons. The van der Waals surface area contributed by atoms with Gasteiger partial charge in [0, 0.05) is 5.92 Å². The largest absolute Gasteiger partial charge is 0.453 e. The summed E-state index contributed by atoms with van der Waals surface area (Å²) in [5.74, 6) is -2.48. The van der Waals surface area contributed by atoms with E-state index in [0.717, 1.165) is 37.7 Å². The molecule has 2 unspecified atom stereocenters. The molecule has 4 nitrogen and oxygen atoms in total. The number of hydrogen-bond donors (Lipinski definition) is 0. The van der Waals surface area contributed by atoms with Crippen molar-refractivity contribution in [1.29, 1.82) is 0 Å². The van der Waals surface area contributed by atoms with Crippen LogP contribution in [-0.4, -0.2) is 23.6 Å². The predicted octanol–water partition coefficient (Wildman–Crippen LogP) is 2.88. The Kier molecular flexibility index (Phi) is 4.89. The molecule has 2 atom stereocenters. The molecule has 2 aliphatic rings. The first-order valence-electron chi connectivity index (χ1n) is 8.48. The highest BCUT2D eigenvalue weighted by atomic mass is 16.6. The van der Waals surface area contributed by atoms with Crippen LogP contribution < -0.4 is 0 Å². The van der Waals surface area contributed by atoms with Crippen LogP contribution in [0.1, 0.15) is 44.1 Å². The number of carbonyl (C=O) groups is 3. The standard InChI is InChI=1S/C19H22O4/c20-17(14-9-5-2-6-10-14)16-18(21)15(23-19(16)22)12-11-13-7-3-1-4-8-13/h1,3-4,7-8,14-16H,2,5-6,9-12H2. The highest BCUT2D eigenvalue weighted by molar-refractivity contribution is 6.22. The fourth-order valence-corrected chi connectivity index (χ4v) is 3.59. The van der Waals surface area contributed by atoms with E-state index in [2.05, 4.69) is 0 Å². The summed E-state index contributed by atoms with van der Waals surface area (Å²) in [4.78, 5) is 37.0. The number of esters is 1. The van der Waals surface area contributed by atoms with E-state index in [0.29, 0.717) is 12.8 Å². The normalized spacial score (nSPS) is 25.4. The van der Waals surface area contributed by atoms with Crippen LogP contribution in [0, 0.1) is 11.8 Å². The summed E-state index contributed by atoms with van der Waals surface area (Å²) in [6.45, 7) is 0. The number of cyclic esters (lactones) is 1. The molecule has 2 fully saturated rings. The van der Waals surface area contributed by atoms with E-state index in [1.54, 1.807) is 0 Å². The van der Waals surface area contributed by atoms with E-state index in [4.69, 9.17) is 4.74 Å². The number of rotatable bonds is 5. The lowest BCUT2D eigenvalue weighted by Gasteiger charge is -2.21. The number of hydrogen-bond acceptors (Lipinski definition) is 4. The summed E-state index contributed by atoms with van der Waals surface area (Å²) < 4.78 is 5.21. The minimum atomic E-state index is -1.17. The first-order valence-corrected chi connectivity index (χ1v) is 8.48.